The molecule has 2 aromatic heterocycles. The van der Waals surface area contributed by atoms with Crippen molar-refractivity contribution in [2.75, 3.05) is 14.2 Å². The van der Waals surface area contributed by atoms with Crippen molar-refractivity contribution >= 4 is 11.0 Å². The Morgan fingerprint density at radius 1 is 1.00 bits per heavy atom. The number of fused-ring (bicyclic) bond motifs is 1. The summed E-state index contributed by atoms with van der Waals surface area (Å²) >= 11 is 0. The molecule has 1 aromatic carbocycles. The molecule has 3 aromatic rings. The van der Waals surface area contributed by atoms with Crippen LogP contribution in [0.4, 0.5) is 0 Å². The number of benzene rings is 1. The molecule has 102 valence electrons. The van der Waals surface area contributed by atoms with Gasteiger partial charge in [0, 0.05) is 12.6 Å². The fourth-order valence-corrected chi connectivity index (χ4v) is 2.18. The van der Waals surface area contributed by atoms with E-state index in [-0.39, 0.29) is 0 Å². The molecule has 2 heterocycles. The van der Waals surface area contributed by atoms with Gasteiger partial charge in [0.1, 0.15) is 0 Å². The molecule has 0 spiro atoms. The van der Waals surface area contributed by atoms with Gasteiger partial charge in [0.15, 0.2) is 11.5 Å². The van der Waals surface area contributed by atoms with Gasteiger partial charge >= 0.3 is 0 Å². The molecule has 0 aliphatic rings. The maximum Gasteiger partial charge on any atom is 0.161 e. The van der Waals surface area contributed by atoms with E-state index in [1.54, 1.807) is 20.5 Å². The number of hydrogen-bond donors (Lipinski definition) is 0. The van der Waals surface area contributed by atoms with Crippen molar-refractivity contribution < 1.29 is 9.47 Å². The first-order valence-corrected chi connectivity index (χ1v) is 6.22. The average molecular weight is 269 g/mol. The van der Waals surface area contributed by atoms with Crippen molar-refractivity contribution in [3.05, 3.63) is 36.8 Å². The van der Waals surface area contributed by atoms with E-state index in [0.29, 0.717) is 11.5 Å². The van der Waals surface area contributed by atoms with E-state index in [0.717, 1.165) is 22.3 Å². The van der Waals surface area contributed by atoms with Crippen LogP contribution >= 0.6 is 0 Å². The molecule has 0 amide bonds. The number of imidazole rings is 1. The molecule has 0 saturated heterocycles. The summed E-state index contributed by atoms with van der Waals surface area (Å²) in [6.07, 6.45) is 3.61. The van der Waals surface area contributed by atoms with Crippen LogP contribution in [-0.4, -0.2) is 28.8 Å². The van der Waals surface area contributed by atoms with Crippen molar-refractivity contribution in [3.63, 3.8) is 0 Å². The van der Waals surface area contributed by atoms with E-state index in [4.69, 9.17) is 9.47 Å². The summed E-state index contributed by atoms with van der Waals surface area (Å²) in [5.74, 6) is 1.39. The van der Waals surface area contributed by atoms with Gasteiger partial charge in [0.2, 0.25) is 0 Å². The fraction of sp³-hybridized carbons (Fsp3) is 0.200. The zero-order valence-corrected chi connectivity index (χ0v) is 11.6. The lowest BCUT2D eigenvalue weighted by Gasteiger charge is -2.09. The molecule has 0 aliphatic heterocycles. The number of pyridine rings is 1. The molecule has 0 aliphatic carbocycles. The Morgan fingerprint density at radius 3 is 2.55 bits per heavy atom. The van der Waals surface area contributed by atoms with E-state index < -0.39 is 0 Å². The highest BCUT2D eigenvalue weighted by molar-refractivity contribution is 5.79. The molecular formula is C15H15N3O2. The SMILES string of the molecule is COc1ccc(-c2cc3ncn(C)c3cn2)cc1OC. The molecule has 0 saturated carbocycles. The molecular weight excluding hydrogens is 254 g/mol. The number of ether oxygens (including phenoxy) is 2. The Labute approximate surface area is 116 Å². The lowest BCUT2D eigenvalue weighted by atomic mass is 10.1. The van der Waals surface area contributed by atoms with Gasteiger partial charge < -0.3 is 14.0 Å². The second-order valence-corrected chi connectivity index (χ2v) is 4.48. The lowest BCUT2D eigenvalue weighted by Crippen LogP contribution is -1.92. The van der Waals surface area contributed by atoms with Gasteiger partial charge in [-0.3, -0.25) is 4.98 Å². The van der Waals surface area contributed by atoms with E-state index >= 15 is 0 Å². The summed E-state index contributed by atoms with van der Waals surface area (Å²) in [6, 6.07) is 7.71. The monoisotopic (exact) mass is 269 g/mol. The lowest BCUT2D eigenvalue weighted by molar-refractivity contribution is 0.355. The molecule has 0 fully saturated rings. The minimum absolute atomic E-state index is 0.688. The number of nitrogens with zero attached hydrogens (tertiary/aromatic N) is 3. The average Bonchev–Trinajstić information content (AvgIpc) is 2.87. The molecule has 0 bridgehead atoms. The highest BCUT2D eigenvalue weighted by atomic mass is 16.5. The first-order valence-electron chi connectivity index (χ1n) is 6.22. The standard InChI is InChI=1S/C15H15N3O2/c1-18-9-17-12-7-11(16-8-13(12)18)10-4-5-14(19-2)15(6-10)20-3/h4-9H,1-3H3. The normalized spacial score (nSPS) is 10.8. The molecule has 3 rings (SSSR count). The van der Waals surface area contributed by atoms with Crippen LogP contribution in [0.25, 0.3) is 22.3 Å². The van der Waals surface area contributed by atoms with Gasteiger partial charge in [-0.05, 0) is 24.3 Å². The number of rotatable bonds is 3. The fourth-order valence-electron chi connectivity index (χ4n) is 2.18. The van der Waals surface area contributed by atoms with Crippen molar-refractivity contribution in [1.29, 1.82) is 0 Å². The van der Waals surface area contributed by atoms with Crippen LogP contribution in [0.2, 0.25) is 0 Å². The maximum atomic E-state index is 5.32. The third-order valence-electron chi connectivity index (χ3n) is 3.29. The minimum Gasteiger partial charge on any atom is -0.493 e. The Hall–Kier alpha value is -2.56. The van der Waals surface area contributed by atoms with Gasteiger partial charge in [-0.2, -0.15) is 0 Å². The summed E-state index contributed by atoms with van der Waals surface area (Å²) in [6.45, 7) is 0. The van der Waals surface area contributed by atoms with Crippen molar-refractivity contribution in [2.45, 2.75) is 0 Å². The van der Waals surface area contributed by atoms with Gasteiger partial charge in [-0.25, -0.2) is 4.98 Å². The third-order valence-corrected chi connectivity index (χ3v) is 3.29. The Balaban J connectivity index is 2.10. The van der Waals surface area contributed by atoms with Gasteiger partial charge in [-0.1, -0.05) is 0 Å². The first-order chi connectivity index (χ1) is 9.72. The molecule has 0 unspecified atom stereocenters. The highest BCUT2D eigenvalue weighted by Crippen LogP contribution is 2.32. The molecule has 0 N–H and O–H groups in total. The van der Waals surface area contributed by atoms with E-state index in [9.17, 15) is 0 Å². The number of aryl methyl sites for hydroxylation is 1. The molecule has 0 radical (unpaired) electrons. The molecule has 0 atom stereocenters. The van der Waals surface area contributed by atoms with Crippen molar-refractivity contribution in [1.82, 2.24) is 14.5 Å². The van der Waals surface area contributed by atoms with Crippen LogP contribution in [0.5, 0.6) is 11.5 Å². The second kappa shape index (κ2) is 4.85. The summed E-state index contributed by atoms with van der Waals surface area (Å²) < 4.78 is 12.5. The first kappa shape index (κ1) is 12.5. The van der Waals surface area contributed by atoms with Crippen LogP contribution in [0.1, 0.15) is 0 Å². The van der Waals surface area contributed by atoms with Crippen molar-refractivity contribution in [2.24, 2.45) is 7.05 Å². The third kappa shape index (κ3) is 1.97. The summed E-state index contributed by atoms with van der Waals surface area (Å²) in [5, 5.41) is 0. The van der Waals surface area contributed by atoms with Crippen LogP contribution in [0.3, 0.4) is 0 Å². The predicted molar refractivity (Wildman–Crippen MR) is 77.0 cm³/mol. The highest BCUT2D eigenvalue weighted by Gasteiger charge is 2.09. The smallest absolute Gasteiger partial charge is 0.161 e. The molecule has 5 nitrogen and oxygen atoms in total. The Bertz CT molecular complexity index is 765. The summed E-state index contributed by atoms with van der Waals surface area (Å²) in [7, 11) is 5.19. The Kier molecular flexibility index (Phi) is 3.02. The maximum absolute atomic E-state index is 5.32. The van der Waals surface area contributed by atoms with Crippen LogP contribution in [-0.2, 0) is 7.05 Å². The predicted octanol–water partition coefficient (Wildman–Crippen LogP) is 2.65. The Morgan fingerprint density at radius 2 is 1.80 bits per heavy atom. The van der Waals surface area contributed by atoms with Gasteiger partial charge in [-0.15, -0.1) is 0 Å². The summed E-state index contributed by atoms with van der Waals surface area (Å²) in [5.41, 5.74) is 3.76. The molecule has 5 heteroatoms. The summed E-state index contributed by atoms with van der Waals surface area (Å²) in [4.78, 5) is 8.83. The van der Waals surface area contributed by atoms with E-state index in [2.05, 4.69) is 9.97 Å². The second-order valence-electron chi connectivity index (χ2n) is 4.48. The van der Waals surface area contributed by atoms with Crippen LogP contribution in [0.15, 0.2) is 36.8 Å². The zero-order chi connectivity index (χ0) is 14.1. The number of methoxy groups -OCH3 is 2. The van der Waals surface area contributed by atoms with Crippen LogP contribution in [0, 0.1) is 0 Å². The van der Waals surface area contributed by atoms with Crippen LogP contribution < -0.4 is 9.47 Å². The minimum atomic E-state index is 0.688. The van der Waals surface area contributed by atoms with E-state index in [1.807, 2.05) is 42.1 Å². The molecule has 20 heavy (non-hydrogen) atoms. The quantitative estimate of drug-likeness (QED) is 0.733. The number of aromatic nitrogens is 3. The number of hydrogen-bond acceptors (Lipinski definition) is 4. The zero-order valence-electron chi connectivity index (χ0n) is 11.6. The topological polar surface area (TPSA) is 49.2 Å². The van der Waals surface area contributed by atoms with Gasteiger partial charge in [0.25, 0.3) is 0 Å². The van der Waals surface area contributed by atoms with E-state index in [1.165, 1.54) is 0 Å². The largest absolute Gasteiger partial charge is 0.493 e. The van der Waals surface area contributed by atoms with Crippen molar-refractivity contribution in [3.8, 4) is 22.8 Å². The van der Waals surface area contributed by atoms with Gasteiger partial charge in [0.05, 0.1) is 43.5 Å².